The zero-order chi connectivity index (χ0) is 13.2. The van der Waals surface area contributed by atoms with Gasteiger partial charge >= 0.3 is 6.09 Å². The van der Waals surface area contributed by atoms with Gasteiger partial charge in [0.1, 0.15) is 5.15 Å². The molecule has 0 radical (unpaired) electrons. The van der Waals surface area contributed by atoms with E-state index in [1.54, 1.807) is 18.3 Å². The Morgan fingerprint density at radius 1 is 1.50 bits per heavy atom. The van der Waals surface area contributed by atoms with Crippen LogP contribution in [0.25, 0.3) is 0 Å². The third kappa shape index (κ3) is 2.24. The molecule has 0 atom stereocenters. The lowest BCUT2D eigenvalue weighted by Gasteiger charge is -2.36. The Kier molecular flexibility index (Phi) is 3.39. The highest BCUT2D eigenvalue weighted by atomic mass is 35.5. The molecule has 1 saturated heterocycles. The van der Waals surface area contributed by atoms with Crippen LogP contribution in [-0.4, -0.2) is 34.2 Å². The number of aromatic nitrogens is 1. The Labute approximate surface area is 110 Å². The number of hydrogen-bond acceptors (Lipinski definition) is 3. The van der Waals surface area contributed by atoms with Crippen molar-refractivity contribution >= 4 is 17.7 Å². The van der Waals surface area contributed by atoms with Crippen LogP contribution in [0.2, 0.25) is 5.15 Å². The lowest BCUT2D eigenvalue weighted by Crippen LogP contribution is -2.44. The van der Waals surface area contributed by atoms with Gasteiger partial charge in [0.15, 0.2) is 0 Å². The second kappa shape index (κ2) is 4.83. The summed E-state index contributed by atoms with van der Waals surface area (Å²) >= 11 is 5.72. The number of likely N-dealkylation sites (tertiary alicyclic amines) is 1. The number of nitrogens with zero attached hydrogens (tertiary/aromatic N) is 3. The molecule has 1 fully saturated rings. The summed E-state index contributed by atoms with van der Waals surface area (Å²) in [5.41, 5.74) is 0.156. The van der Waals surface area contributed by atoms with Crippen LogP contribution in [0, 0.1) is 11.3 Å². The van der Waals surface area contributed by atoms with Crippen molar-refractivity contribution in [1.29, 1.82) is 5.26 Å². The van der Waals surface area contributed by atoms with Crippen molar-refractivity contribution in [2.45, 2.75) is 18.3 Å². The van der Waals surface area contributed by atoms with Crippen LogP contribution in [0.1, 0.15) is 18.4 Å². The zero-order valence-electron chi connectivity index (χ0n) is 9.64. The number of halogens is 1. The first-order chi connectivity index (χ1) is 8.57. The van der Waals surface area contributed by atoms with E-state index in [1.807, 2.05) is 0 Å². The fourth-order valence-electron chi connectivity index (χ4n) is 2.20. The molecular weight excluding hydrogens is 254 g/mol. The molecule has 0 aliphatic carbocycles. The molecule has 0 saturated carbocycles. The van der Waals surface area contributed by atoms with Crippen LogP contribution in [0.3, 0.4) is 0 Å². The first-order valence-corrected chi connectivity index (χ1v) is 5.96. The smallest absolute Gasteiger partial charge is 0.407 e. The third-order valence-electron chi connectivity index (χ3n) is 3.38. The van der Waals surface area contributed by atoms with Gasteiger partial charge in [0.2, 0.25) is 0 Å². The average Bonchev–Trinajstić information content (AvgIpc) is 2.39. The highest BCUT2D eigenvalue weighted by Gasteiger charge is 2.37. The normalized spacial score (nSPS) is 18.1. The van der Waals surface area contributed by atoms with Crippen LogP contribution in [0.4, 0.5) is 4.79 Å². The van der Waals surface area contributed by atoms with Gasteiger partial charge in [-0.2, -0.15) is 5.26 Å². The van der Waals surface area contributed by atoms with E-state index in [0.717, 1.165) is 5.56 Å². The number of piperidine rings is 1. The predicted octanol–water partition coefficient (Wildman–Crippen LogP) is 2.27. The Balaban J connectivity index is 2.22. The molecule has 18 heavy (non-hydrogen) atoms. The van der Waals surface area contributed by atoms with Gasteiger partial charge in [0, 0.05) is 19.3 Å². The number of pyridine rings is 1. The molecule has 1 aromatic rings. The van der Waals surface area contributed by atoms with E-state index >= 15 is 0 Å². The molecule has 1 aliphatic rings. The second-order valence-electron chi connectivity index (χ2n) is 4.33. The Morgan fingerprint density at radius 2 is 2.17 bits per heavy atom. The number of carbonyl (C=O) groups is 1. The monoisotopic (exact) mass is 265 g/mol. The van der Waals surface area contributed by atoms with Gasteiger partial charge in [0.25, 0.3) is 0 Å². The molecule has 1 amide bonds. The number of nitriles is 1. The zero-order valence-corrected chi connectivity index (χ0v) is 10.4. The summed E-state index contributed by atoms with van der Waals surface area (Å²) in [7, 11) is 0. The maximum Gasteiger partial charge on any atom is 0.407 e. The number of hydrogen-bond donors (Lipinski definition) is 1. The third-order valence-corrected chi connectivity index (χ3v) is 3.61. The quantitative estimate of drug-likeness (QED) is 0.790. The molecule has 1 aromatic heterocycles. The molecule has 2 rings (SSSR count). The summed E-state index contributed by atoms with van der Waals surface area (Å²) in [5.74, 6) is 0. The summed E-state index contributed by atoms with van der Waals surface area (Å²) in [6, 6.07) is 5.75. The Morgan fingerprint density at radius 3 is 2.61 bits per heavy atom. The van der Waals surface area contributed by atoms with Gasteiger partial charge in [-0.25, -0.2) is 9.78 Å². The Hall–Kier alpha value is -1.80. The number of carboxylic acid groups (broad SMARTS) is 1. The number of rotatable bonds is 1. The largest absolute Gasteiger partial charge is 0.465 e. The van der Waals surface area contributed by atoms with Gasteiger partial charge in [-0.15, -0.1) is 0 Å². The van der Waals surface area contributed by atoms with Crippen LogP contribution >= 0.6 is 11.6 Å². The summed E-state index contributed by atoms with van der Waals surface area (Å²) in [6.07, 6.45) is 1.64. The standard InChI is InChI=1S/C12H12ClN3O2/c13-10-2-1-9(7-15-10)12(8-14)3-5-16(6-4-12)11(17)18/h1-2,7H,3-6H2,(H,17,18). The number of amides is 1. The van der Waals surface area contributed by atoms with Gasteiger partial charge in [-0.3, -0.25) is 0 Å². The maximum atomic E-state index is 10.8. The van der Waals surface area contributed by atoms with E-state index in [9.17, 15) is 10.1 Å². The van der Waals surface area contributed by atoms with E-state index in [2.05, 4.69) is 11.1 Å². The SMILES string of the molecule is N#CC1(c2ccc(Cl)nc2)CCN(C(=O)O)CC1. The van der Waals surface area contributed by atoms with Crippen molar-refractivity contribution in [2.75, 3.05) is 13.1 Å². The van der Waals surface area contributed by atoms with E-state index in [-0.39, 0.29) is 0 Å². The minimum absolute atomic E-state index is 0.367. The highest BCUT2D eigenvalue weighted by Crippen LogP contribution is 2.34. The van der Waals surface area contributed by atoms with Crippen molar-refractivity contribution in [1.82, 2.24) is 9.88 Å². The van der Waals surface area contributed by atoms with E-state index in [4.69, 9.17) is 16.7 Å². The fraction of sp³-hybridized carbons (Fsp3) is 0.417. The molecule has 2 heterocycles. The van der Waals surface area contributed by atoms with Crippen molar-refractivity contribution < 1.29 is 9.90 Å². The van der Waals surface area contributed by atoms with Crippen molar-refractivity contribution in [3.63, 3.8) is 0 Å². The first-order valence-electron chi connectivity index (χ1n) is 5.58. The van der Waals surface area contributed by atoms with Crippen LogP contribution in [-0.2, 0) is 5.41 Å². The van der Waals surface area contributed by atoms with Crippen LogP contribution in [0.5, 0.6) is 0 Å². The molecule has 0 bridgehead atoms. The summed E-state index contributed by atoms with van der Waals surface area (Å²) in [4.78, 5) is 16.2. The maximum absolute atomic E-state index is 10.8. The predicted molar refractivity (Wildman–Crippen MR) is 65.4 cm³/mol. The van der Waals surface area contributed by atoms with Crippen LogP contribution in [0.15, 0.2) is 18.3 Å². The van der Waals surface area contributed by atoms with E-state index in [1.165, 1.54) is 4.90 Å². The second-order valence-corrected chi connectivity index (χ2v) is 4.72. The molecular formula is C12H12ClN3O2. The molecule has 0 aromatic carbocycles. The lowest BCUT2D eigenvalue weighted by molar-refractivity contribution is 0.125. The molecule has 0 spiro atoms. The van der Waals surface area contributed by atoms with E-state index in [0.29, 0.717) is 31.1 Å². The van der Waals surface area contributed by atoms with Gasteiger partial charge in [0.05, 0.1) is 11.5 Å². The fourth-order valence-corrected chi connectivity index (χ4v) is 2.32. The van der Waals surface area contributed by atoms with Crippen LogP contribution < -0.4 is 0 Å². The van der Waals surface area contributed by atoms with Crippen molar-refractivity contribution in [3.8, 4) is 6.07 Å². The highest BCUT2D eigenvalue weighted by molar-refractivity contribution is 6.29. The summed E-state index contributed by atoms with van der Waals surface area (Å²) in [6.45, 7) is 0.733. The van der Waals surface area contributed by atoms with E-state index < -0.39 is 11.5 Å². The molecule has 5 nitrogen and oxygen atoms in total. The average molecular weight is 266 g/mol. The molecule has 1 N–H and O–H groups in total. The van der Waals surface area contributed by atoms with Crippen molar-refractivity contribution in [2.24, 2.45) is 0 Å². The first kappa shape index (κ1) is 12.7. The van der Waals surface area contributed by atoms with Gasteiger partial charge in [-0.1, -0.05) is 17.7 Å². The van der Waals surface area contributed by atoms with Gasteiger partial charge in [-0.05, 0) is 24.5 Å². The molecule has 94 valence electrons. The summed E-state index contributed by atoms with van der Waals surface area (Å²) < 4.78 is 0. The molecule has 1 aliphatic heterocycles. The van der Waals surface area contributed by atoms with Gasteiger partial charge < -0.3 is 10.0 Å². The molecule has 6 heteroatoms. The lowest BCUT2D eigenvalue weighted by atomic mass is 9.75. The Bertz CT molecular complexity index is 487. The van der Waals surface area contributed by atoms with Crippen molar-refractivity contribution in [3.05, 3.63) is 29.0 Å². The minimum Gasteiger partial charge on any atom is -0.465 e. The molecule has 0 unspecified atom stereocenters. The topological polar surface area (TPSA) is 77.2 Å². The summed E-state index contributed by atoms with van der Waals surface area (Å²) in [5, 5.41) is 18.7. The minimum atomic E-state index is -0.934.